The average Bonchev–Trinajstić information content (AvgIpc) is 1.98. The van der Waals surface area contributed by atoms with Crippen LogP contribution in [0.3, 0.4) is 0 Å². The Morgan fingerprint density at radius 1 is 1.62 bits per heavy atom. The fraction of sp³-hybridized carbons (Fsp3) is 0.778. The Morgan fingerprint density at radius 2 is 2.15 bits per heavy atom. The largest absolute Gasteiger partial charge is 0.393 e. The Hall–Kier alpha value is -0.640. The van der Waals surface area contributed by atoms with Crippen LogP contribution in [0.15, 0.2) is 0 Å². The van der Waals surface area contributed by atoms with Crippen molar-refractivity contribution in [3.63, 3.8) is 0 Å². The summed E-state index contributed by atoms with van der Waals surface area (Å²) in [7, 11) is 1.83. The van der Waals surface area contributed by atoms with Crippen molar-refractivity contribution < 1.29 is 4.79 Å². The molecular weight excluding hydrogens is 184 g/mol. The molecule has 0 radical (unpaired) electrons. The summed E-state index contributed by atoms with van der Waals surface area (Å²) >= 11 is 4.78. The minimum absolute atomic E-state index is 0.0530. The number of hydrogen-bond donors (Lipinski definition) is 1. The number of amides is 1. The summed E-state index contributed by atoms with van der Waals surface area (Å²) in [5.74, 6) is -0.266. The molecule has 0 saturated heterocycles. The Labute approximate surface area is 84.3 Å². The zero-order valence-corrected chi connectivity index (χ0v) is 8.93. The van der Waals surface area contributed by atoms with Gasteiger partial charge in [-0.1, -0.05) is 12.2 Å². The van der Waals surface area contributed by atoms with Crippen molar-refractivity contribution in [2.45, 2.75) is 32.2 Å². The summed E-state index contributed by atoms with van der Waals surface area (Å²) in [5.41, 5.74) is 5.42. The van der Waals surface area contributed by atoms with Crippen LogP contribution < -0.4 is 5.73 Å². The molecule has 0 aliphatic heterocycles. The smallest absolute Gasteiger partial charge is 0.232 e. The summed E-state index contributed by atoms with van der Waals surface area (Å²) in [4.78, 5) is 13.8. The fourth-order valence-electron chi connectivity index (χ4n) is 1.38. The predicted octanol–water partition coefficient (Wildman–Crippen LogP) is 0.920. The van der Waals surface area contributed by atoms with Gasteiger partial charge in [0, 0.05) is 13.1 Å². The number of rotatable bonds is 3. The Bertz CT molecular complexity index is 226. The summed E-state index contributed by atoms with van der Waals surface area (Å²) in [6, 6.07) is 0.421. The zero-order valence-electron chi connectivity index (χ0n) is 8.12. The molecule has 0 heterocycles. The first-order chi connectivity index (χ1) is 6.04. The van der Waals surface area contributed by atoms with E-state index in [4.69, 9.17) is 18.0 Å². The molecule has 0 aromatic carbocycles. The molecule has 13 heavy (non-hydrogen) atoms. The van der Waals surface area contributed by atoms with Gasteiger partial charge < -0.3 is 10.6 Å². The SMILES string of the molecule is CC(C(=O)N(C)C1CCC1)C(N)=S. The van der Waals surface area contributed by atoms with Gasteiger partial charge in [-0.05, 0) is 26.2 Å². The third-order valence-corrected chi connectivity index (χ3v) is 3.12. The summed E-state index contributed by atoms with van der Waals surface area (Å²) in [6.45, 7) is 1.76. The van der Waals surface area contributed by atoms with E-state index in [1.165, 1.54) is 6.42 Å². The molecule has 1 amide bonds. The van der Waals surface area contributed by atoms with Crippen molar-refractivity contribution in [1.82, 2.24) is 4.90 Å². The highest BCUT2D eigenvalue weighted by Gasteiger charge is 2.29. The molecule has 0 aromatic rings. The van der Waals surface area contributed by atoms with Crippen molar-refractivity contribution in [3.05, 3.63) is 0 Å². The Morgan fingerprint density at radius 3 is 2.46 bits per heavy atom. The number of nitrogens with two attached hydrogens (primary N) is 1. The first-order valence-corrected chi connectivity index (χ1v) is 5.01. The van der Waals surface area contributed by atoms with E-state index in [0.717, 1.165) is 12.8 Å². The Kier molecular flexibility index (Phi) is 3.25. The molecule has 3 nitrogen and oxygen atoms in total. The van der Waals surface area contributed by atoms with Gasteiger partial charge in [0.1, 0.15) is 0 Å². The molecule has 1 unspecified atom stereocenters. The van der Waals surface area contributed by atoms with E-state index >= 15 is 0 Å². The first kappa shape index (κ1) is 10.4. The fourth-order valence-corrected chi connectivity index (χ4v) is 1.48. The van der Waals surface area contributed by atoms with Crippen molar-refractivity contribution in [2.24, 2.45) is 11.7 Å². The van der Waals surface area contributed by atoms with E-state index in [1.807, 2.05) is 7.05 Å². The van der Waals surface area contributed by atoms with Gasteiger partial charge in [0.25, 0.3) is 0 Å². The predicted molar refractivity (Wildman–Crippen MR) is 56.4 cm³/mol. The Balaban J connectivity index is 2.50. The van der Waals surface area contributed by atoms with Crippen LogP contribution in [0, 0.1) is 5.92 Å². The lowest BCUT2D eigenvalue weighted by Crippen LogP contribution is -2.46. The van der Waals surface area contributed by atoms with E-state index < -0.39 is 0 Å². The molecule has 1 atom stereocenters. The quantitative estimate of drug-likeness (QED) is 0.689. The number of hydrogen-bond acceptors (Lipinski definition) is 2. The third kappa shape index (κ3) is 2.18. The van der Waals surface area contributed by atoms with Crippen LogP contribution >= 0.6 is 12.2 Å². The van der Waals surface area contributed by atoms with Crippen molar-refractivity contribution in [3.8, 4) is 0 Å². The molecule has 1 aliphatic carbocycles. The molecule has 1 aliphatic rings. The van der Waals surface area contributed by atoms with E-state index in [2.05, 4.69) is 0 Å². The molecule has 2 N–H and O–H groups in total. The van der Waals surface area contributed by atoms with Crippen molar-refractivity contribution >= 4 is 23.1 Å². The van der Waals surface area contributed by atoms with Crippen molar-refractivity contribution in [1.29, 1.82) is 0 Å². The number of carbonyl (C=O) groups is 1. The van der Waals surface area contributed by atoms with Gasteiger partial charge in [-0.25, -0.2) is 0 Å². The second kappa shape index (κ2) is 4.05. The maximum absolute atomic E-state index is 11.7. The highest BCUT2D eigenvalue weighted by Crippen LogP contribution is 2.24. The molecule has 1 rings (SSSR count). The highest BCUT2D eigenvalue weighted by molar-refractivity contribution is 7.80. The van der Waals surface area contributed by atoms with E-state index in [0.29, 0.717) is 6.04 Å². The van der Waals surface area contributed by atoms with Crippen molar-refractivity contribution in [2.75, 3.05) is 7.05 Å². The number of thiocarbonyl (C=S) groups is 1. The molecule has 0 aromatic heterocycles. The second-order valence-electron chi connectivity index (χ2n) is 3.66. The lowest BCUT2D eigenvalue weighted by Gasteiger charge is -2.36. The number of nitrogens with zero attached hydrogens (tertiary/aromatic N) is 1. The van der Waals surface area contributed by atoms with Gasteiger partial charge in [0.05, 0.1) is 10.9 Å². The molecule has 0 spiro atoms. The maximum Gasteiger partial charge on any atom is 0.232 e. The van der Waals surface area contributed by atoms with Crippen LogP contribution in [0.1, 0.15) is 26.2 Å². The van der Waals surface area contributed by atoms with Crippen LogP contribution in [-0.4, -0.2) is 28.9 Å². The van der Waals surface area contributed by atoms with E-state index in [1.54, 1.807) is 11.8 Å². The maximum atomic E-state index is 11.7. The normalized spacial score (nSPS) is 18.9. The highest BCUT2D eigenvalue weighted by atomic mass is 32.1. The summed E-state index contributed by atoms with van der Waals surface area (Å²) in [5, 5.41) is 0. The van der Waals surface area contributed by atoms with Crippen LogP contribution in [0.2, 0.25) is 0 Å². The molecule has 4 heteroatoms. The molecule has 74 valence electrons. The second-order valence-corrected chi connectivity index (χ2v) is 4.13. The van der Waals surface area contributed by atoms with Gasteiger partial charge in [-0.2, -0.15) is 0 Å². The lowest BCUT2D eigenvalue weighted by atomic mass is 9.91. The molecule has 1 fully saturated rings. The minimum atomic E-state index is -0.319. The number of carbonyl (C=O) groups excluding carboxylic acids is 1. The van der Waals surface area contributed by atoms with E-state index in [9.17, 15) is 4.79 Å². The third-order valence-electron chi connectivity index (χ3n) is 2.77. The van der Waals surface area contributed by atoms with Gasteiger partial charge >= 0.3 is 0 Å². The molecule has 1 saturated carbocycles. The average molecular weight is 200 g/mol. The topological polar surface area (TPSA) is 46.3 Å². The zero-order chi connectivity index (χ0) is 10.0. The summed E-state index contributed by atoms with van der Waals surface area (Å²) in [6.07, 6.45) is 3.46. The first-order valence-electron chi connectivity index (χ1n) is 4.60. The van der Waals surface area contributed by atoms with Crippen LogP contribution in [0.5, 0.6) is 0 Å². The molecular formula is C9H16N2OS. The minimum Gasteiger partial charge on any atom is -0.393 e. The van der Waals surface area contributed by atoms with Gasteiger partial charge in [-0.15, -0.1) is 0 Å². The van der Waals surface area contributed by atoms with E-state index in [-0.39, 0.29) is 16.8 Å². The van der Waals surface area contributed by atoms with Gasteiger partial charge in [-0.3, -0.25) is 4.79 Å². The van der Waals surface area contributed by atoms with Crippen LogP contribution in [0.4, 0.5) is 0 Å². The van der Waals surface area contributed by atoms with Gasteiger partial charge in [0.15, 0.2) is 0 Å². The van der Waals surface area contributed by atoms with Crippen LogP contribution in [0.25, 0.3) is 0 Å². The lowest BCUT2D eigenvalue weighted by molar-refractivity contribution is -0.135. The monoisotopic (exact) mass is 200 g/mol. The molecule has 0 bridgehead atoms. The van der Waals surface area contributed by atoms with Gasteiger partial charge in [0.2, 0.25) is 5.91 Å². The summed E-state index contributed by atoms with van der Waals surface area (Å²) < 4.78 is 0. The van der Waals surface area contributed by atoms with Crippen LogP contribution in [-0.2, 0) is 4.79 Å². The standard InChI is InChI=1S/C9H16N2OS/c1-6(8(10)13)9(12)11(2)7-4-3-5-7/h6-7H,3-5H2,1-2H3,(H2,10,13).